The van der Waals surface area contributed by atoms with Crippen molar-refractivity contribution in [2.45, 2.75) is 45.2 Å². The summed E-state index contributed by atoms with van der Waals surface area (Å²) in [7, 11) is 0. The van der Waals surface area contributed by atoms with Gasteiger partial charge < -0.3 is 15.2 Å². The predicted octanol–water partition coefficient (Wildman–Crippen LogP) is 3.54. The lowest BCUT2D eigenvalue weighted by molar-refractivity contribution is 0.270. The Morgan fingerprint density at radius 1 is 1.29 bits per heavy atom. The second-order valence-corrected chi connectivity index (χ2v) is 6.99. The van der Waals surface area contributed by atoms with Crippen LogP contribution in [0.25, 0.3) is 11.0 Å². The topological polar surface area (TPSA) is 59.4 Å². The Balaban J connectivity index is 0.00000169. The third-order valence-corrected chi connectivity index (χ3v) is 4.94. The fourth-order valence-electron chi connectivity index (χ4n) is 3.60. The Bertz CT molecular complexity index is 734. The zero-order valence-electron chi connectivity index (χ0n) is 14.2. The second-order valence-electron chi connectivity index (χ2n) is 6.99. The molecule has 1 saturated heterocycles. The Morgan fingerprint density at radius 2 is 2.08 bits per heavy atom. The molecule has 1 aromatic carbocycles. The SMILES string of the molecule is CC1CCCN(C(N)=NCc2nc3ccccc3n2C2CC2)C1.I. The zero-order chi connectivity index (χ0) is 15.8. The number of fused-ring (bicyclic) bond motifs is 1. The number of hydrogen-bond donors (Lipinski definition) is 1. The van der Waals surface area contributed by atoms with E-state index in [-0.39, 0.29) is 24.0 Å². The highest BCUT2D eigenvalue weighted by atomic mass is 127. The number of likely N-dealkylation sites (tertiary alicyclic amines) is 1. The number of nitrogens with zero attached hydrogens (tertiary/aromatic N) is 4. The van der Waals surface area contributed by atoms with Crippen LogP contribution in [0.5, 0.6) is 0 Å². The summed E-state index contributed by atoms with van der Waals surface area (Å²) >= 11 is 0. The molecule has 6 heteroatoms. The molecule has 2 aliphatic rings. The first-order valence-electron chi connectivity index (χ1n) is 8.73. The number of nitrogens with two attached hydrogens (primary N) is 1. The maximum atomic E-state index is 6.23. The van der Waals surface area contributed by atoms with Crippen LogP contribution in [-0.4, -0.2) is 33.5 Å². The monoisotopic (exact) mass is 439 g/mol. The summed E-state index contributed by atoms with van der Waals surface area (Å²) < 4.78 is 2.37. The predicted molar refractivity (Wildman–Crippen MR) is 109 cm³/mol. The molecule has 1 atom stereocenters. The van der Waals surface area contributed by atoms with Gasteiger partial charge in [0.2, 0.25) is 0 Å². The lowest BCUT2D eigenvalue weighted by Gasteiger charge is -2.31. The van der Waals surface area contributed by atoms with Crippen LogP contribution < -0.4 is 5.73 Å². The number of imidazole rings is 1. The minimum atomic E-state index is 0. The van der Waals surface area contributed by atoms with Crippen LogP contribution in [0, 0.1) is 5.92 Å². The highest BCUT2D eigenvalue weighted by Gasteiger charge is 2.28. The number of hydrogen-bond acceptors (Lipinski definition) is 2. The van der Waals surface area contributed by atoms with E-state index in [1.165, 1.54) is 31.2 Å². The fraction of sp³-hybridized carbons (Fsp3) is 0.556. The van der Waals surface area contributed by atoms with Gasteiger partial charge in [0.25, 0.3) is 0 Å². The lowest BCUT2D eigenvalue weighted by atomic mass is 10.0. The van der Waals surface area contributed by atoms with Crippen molar-refractivity contribution in [1.82, 2.24) is 14.5 Å². The van der Waals surface area contributed by atoms with Crippen molar-refractivity contribution in [1.29, 1.82) is 0 Å². The molecule has 0 spiro atoms. The highest BCUT2D eigenvalue weighted by Crippen LogP contribution is 2.38. The molecule has 1 aliphatic carbocycles. The largest absolute Gasteiger partial charge is 0.370 e. The van der Waals surface area contributed by atoms with Gasteiger partial charge in [0.05, 0.1) is 11.0 Å². The summed E-state index contributed by atoms with van der Waals surface area (Å²) in [5, 5.41) is 0. The zero-order valence-corrected chi connectivity index (χ0v) is 16.5. The van der Waals surface area contributed by atoms with Gasteiger partial charge in [-0.3, -0.25) is 0 Å². The number of guanidine groups is 1. The lowest BCUT2D eigenvalue weighted by Crippen LogP contribution is -2.43. The van der Waals surface area contributed by atoms with E-state index in [0.29, 0.717) is 24.5 Å². The smallest absolute Gasteiger partial charge is 0.191 e. The molecule has 2 N–H and O–H groups in total. The number of rotatable bonds is 3. The number of halogens is 1. The molecule has 0 radical (unpaired) electrons. The minimum absolute atomic E-state index is 0. The van der Waals surface area contributed by atoms with Gasteiger partial charge >= 0.3 is 0 Å². The van der Waals surface area contributed by atoms with Gasteiger partial charge in [-0.05, 0) is 43.7 Å². The van der Waals surface area contributed by atoms with Gasteiger partial charge in [-0.1, -0.05) is 19.1 Å². The summed E-state index contributed by atoms with van der Waals surface area (Å²) in [6.45, 7) is 4.90. The summed E-state index contributed by atoms with van der Waals surface area (Å²) in [4.78, 5) is 11.7. The van der Waals surface area contributed by atoms with Crippen LogP contribution in [-0.2, 0) is 6.54 Å². The normalized spacial score (nSPS) is 21.8. The van der Waals surface area contributed by atoms with Crippen molar-refractivity contribution < 1.29 is 0 Å². The first-order valence-corrected chi connectivity index (χ1v) is 8.73. The second kappa shape index (κ2) is 7.29. The fourth-order valence-corrected chi connectivity index (χ4v) is 3.60. The number of piperidine rings is 1. The van der Waals surface area contributed by atoms with Crippen molar-refractivity contribution in [3.63, 3.8) is 0 Å². The molecule has 0 amide bonds. The molecule has 2 aromatic rings. The van der Waals surface area contributed by atoms with E-state index >= 15 is 0 Å². The minimum Gasteiger partial charge on any atom is -0.370 e. The molecule has 1 unspecified atom stereocenters. The Kier molecular flexibility index (Phi) is 5.32. The molecule has 24 heavy (non-hydrogen) atoms. The summed E-state index contributed by atoms with van der Waals surface area (Å²) in [5.41, 5.74) is 8.53. The van der Waals surface area contributed by atoms with E-state index in [0.717, 1.165) is 24.4 Å². The average Bonchev–Trinajstić information content (AvgIpc) is 3.33. The summed E-state index contributed by atoms with van der Waals surface area (Å²) in [5.74, 6) is 2.42. The Labute approximate surface area is 160 Å². The van der Waals surface area contributed by atoms with Crippen molar-refractivity contribution in [2.24, 2.45) is 16.6 Å². The quantitative estimate of drug-likeness (QED) is 0.452. The van der Waals surface area contributed by atoms with E-state index in [4.69, 9.17) is 10.7 Å². The van der Waals surface area contributed by atoms with Crippen molar-refractivity contribution in [2.75, 3.05) is 13.1 Å². The third kappa shape index (κ3) is 3.53. The van der Waals surface area contributed by atoms with Crippen LogP contribution in [0.2, 0.25) is 0 Å². The van der Waals surface area contributed by atoms with Crippen LogP contribution in [0.15, 0.2) is 29.3 Å². The molecule has 2 heterocycles. The van der Waals surface area contributed by atoms with Crippen LogP contribution in [0.1, 0.15) is 44.5 Å². The molecule has 5 nitrogen and oxygen atoms in total. The van der Waals surface area contributed by atoms with E-state index in [9.17, 15) is 0 Å². The van der Waals surface area contributed by atoms with E-state index in [1.807, 2.05) is 6.07 Å². The molecule has 0 bridgehead atoms. The van der Waals surface area contributed by atoms with Crippen LogP contribution >= 0.6 is 24.0 Å². The van der Waals surface area contributed by atoms with Crippen LogP contribution in [0.3, 0.4) is 0 Å². The van der Waals surface area contributed by atoms with Crippen LogP contribution in [0.4, 0.5) is 0 Å². The molecule has 1 aromatic heterocycles. The Morgan fingerprint density at radius 3 is 2.83 bits per heavy atom. The molecule has 1 aliphatic heterocycles. The Hall–Kier alpha value is -1.31. The first kappa shape index (κ1) is 17.5. The number of para-hydroxylation sites is 2. The van der Waals surface area contributed by atoms with Crippen molar-refractivity contribution in [3.8, 4) is 0 Å². The summed E-state index contributed by atoms with van der Waals surface area (Å²) in [6.07, 6.45) is 4.99. The molecule has 4 rings (SSSR count). The molecule has 2 fully saturated rings. The molecule has 1 saturated carbocycles. The van der Waals surface area contributed by atoms with Crippen molar-refractivity contribution >= 4 is 41.0 Å². The van der Waals surface area contributed by atoms with Crippen molar-refractivity contribution in [3.05, 3.63) is 30.1 Å². The standard InChI is InChI=1S/C18H25N5.HI/c1-13-5-4-10-22(12-13)18(19)20-11-17-21-15-6-2-3-7-16(15)23(17)14-8-9-14;/h2-3,6-7,13-14H,4-5,8-12H2,1H3,(H2,19,20);1H. The first-order chi connectivity index (χ1) is 11.2. The van der Waals surface area contributed by atoms with Gasteiger partial charge in [0, 0.05) is 19.1 Å². The van der Waals surface area contributed by atoms with E-state index in [1.54, 1.807) is 0 Å². The molecular formula is C18H26IN5. The molecular weight excluding hydrogens is 413 g/mol. The third-order valence-electron chi connectivity index (χ3n) is 4.94. The number of benzene rings is 1. The number of aromatic nitrogens is 2. The van der Waals surface area contributed by atoms with Gasteiger partial charge in [-0.25, -0.2) is 9.98 Å². The maximum Gasteiger partial charge on any atom is 0.191 e. The van der Waals surface area contributed by atoms with E-state index in [2.05, 4.69) is 39.6 Å². The van der Waals surface area contributed by atoms with Gasteiger partial charge in [0.1, 0.15) is 12.4 Å². The summed E-state index contributed by atoms with van der Waals surface area (Å²) in [6, 6.07) is 8.97. The van der Waals surface area contributed by atoms with Gasteiger partial charge in [0.15, 0.2) is 5.96 Å². The number of aliphatic imine (C=N–C) groups is 1. The van der Waals surface area contributed by atoms with Gasteiger partial charge in [-0.15, -0.1) is 24.0 Å². The van der Waals surface area contributed by atoms with E-state index < -0.39 is 0 Å². The average molecular weight is 439 g/mol. The maximum absolute atomic E-state index is 6.23. The highest BCUT2D eigenvalue weighted by molar-refractivity contribution is 14.0. The van der Waals surface area contributed by atoms with Gasteiger partial charge in [-0.2, -0.15) is 0 Å². The molecule has 130 valence electrons.